The lowest BCUT2D eigenvalue weighted by Crippen LogP contribution is -2.57. The highest BCUT2D eigenvalue weighted by Crippen LogP contribution is 2.66. The van der Waals surface area contributed by atoms with Crippen LogP contribution in [0.1, 0.15) is 26.2 Å². The molecule has 0 amide bonds. The van der Waals surface area contributed by atoms with Gasteiger partial charge in [-0.3, -0.25) is 9.59 Å². The highest BCUT2D eigenvalue weighted by Gasteiger charge is 2.69. The fraction of sp³-hybridized carbons (Fsp3) is 0.391. The summed E-state index contributed by atoms with van der Waals surface area (Å²) in [4.78, 5) is 37.2. The van der Waals surface area contributed by atoms with Gasteiger partial charge in [0.2, 0.25) is 5.41 Å². The van der Waals surface area contributed by atoms with Crippen LogP contribution in [-0.2, 0) is 9.59 Å². The molecule has 1 heterocycles. The summed E-state index contributed by atoms with van der Waals surface area (Å²) in [7, 11) is -3.80. The average molecular weight is 463 g/mol. The number of fused-ring (bicyclic) bond motifs is 3. The first-order valence-corrected chi connectivity index (χ1v) is 12.2. The highest BCUT2D eigenvalue weighted by atomic mass is 31.2. The second-order valence-electron chi connectivity index (χ2n) is 8.06. The number of rotatable bonds is 10. The topological polar surface area (TPSA) is 145 Å². The Morgan fingerprint density at radius 3 is 1.97 bits per heavy atom. The number of aliphatic hydroxyl groups excluding tert-OH is 2. The summed E-state index contributed by atoms with van der Waals surface area (Å²) >= 11 is 0. The molecule has 0 saturated carbocycles. The van der Waals surface area contributed by atoms with E-state index < -0.39 is 49.9 Å². The Kier molecular flexibility index (Phi) is 6.91. The van der Waals surface area contributed by atoms with Crippen LogP contribution in [0.4, 0.5) is 0 Å². The van der Waals surface area contributed by atoms with E-state index in [4.69, 9.17) is 4.52 Å². The minimum Gasteiger partial charge on any atom is -0.480 e. The van der Waals surface area contributed by atoms with Crippen molar-refractivity contribution in [3.8, 4) is 16.9 Å². The molecule has 2 aromatic rings. The lowest BCUT2D eigenvalue weighted by molar-refractivity contribution is -0.176. The molecule has 1 unspecified atom stereocenters. The Bertz CT molecular complexity index is 987. The molecule has 0 bridgehead atoms. The molecule has 5 N–H and O–H groups in total. The van der Waals surface area contributed by atoms with Crippen LogP contribution in [0, 0.1) is 10.8 Å². The van der Waals surface area contributed by atoms with E-state index in [1.165, 1.54) is 0 Å². The standard InChI is InChI=1S/C23H27O8P/c1-2-22(11-13-24,12-14-25)23(20(26)27,21(28)29)15-32(30)19-10-6-4-8-17(19)16-7-3-5-9-18(16)31-32/h3-10,24-25,30H,2,11-15H2,1H3,(H-,26,27,28,29)/p+1. The Balaban J connectivity index is 2.25. The van der Waals surface area contributed by atoms with E-state index in [9.17, 15) is 34.9 Å². The number of para-hydroxylation sites is 1. The van der Waals surface area contributed by atoms with Gasteiger partial charge in [0, 0.05) is 29.8 Å². The van der Waals surface area contributed by atoms with Crippen molar-refractivity contribution in [3.63, 3.8) is 0 Å². The third-order valence-electron chi connectivity index (χ3n) is 6.65. The smallest absolute Gasteiger partial charge is 0.351 e. The van der Waals surface area contributed by atoms with Crippen molar-refractivity contribution >= 4 is 25.0 Å². The van der Waals surface area contributed by atoms with Crippen LogP contribution in [0.15, 0.2) is 48.5 Å². The number of hydrogen-bond acceptors (Lipinski definition) is 6. The summed E-state index contributed by atoms with van der Waals surface area (Å²) in [5, 5.41) is 40.4. The predicted octanol–water partition coefficient (Wildman–Crippen LogP) is 2.53. The summed E-state index contributed by atoms with van der Waals surface area (Å²) < 4.78 is 6.01. The largest absolute Gasteiger partial charge is 0.480 e. The molecule has 9 heteroatoms. The lowest BCUT2D eigenvalue weighted by atomic mass is 9.59. The highest BCUT2D eigenvalue weighted by molar-refractivity contribution is 7.74. The van der Waals surface area contributed by atoms with Crippen LogP contribution in [0.5, 0.6) is 5.75 Å². The molecule has 0 radical (unpaired) electrons. The van der Waals surface area contributed by atoms with Gasteiger partial charge in [-0.1, -0.05) is 43.3 Å². The van der Waals surface area contributed by atoms with Gasteiger partial charge in [-0.25, -0.2) is 4.89 Å². The summed E-state index contributed by atoms with van der Waals surface area (Å²) in [5.41, 5.74) is -2.65. The van der Waals surface area contributed by atoms with Gasteiger partial charge in [0.05, 0.1) is 0 Å². The van der Waals surface area contributed by atoms with Crippen LogP contribution in [0.25, 0.3) is 11.1 Å². The minimum atomic E-state index is -3.80. The summed E-state index contributed by atoms with van der Waals surface area (Å²) in [5.74, 6) is -2.93. The molecule has 0 saturated heterocycles. The van der Waals surface area contributed by atoms with Crippen molar-refractivity contribution in [1.82, 2.24) is 0 Å². The molecule has 0 fully saturated rings. The zero-order chi connectivity index (χ0) is 23.6. The number of carboxylic acids is 2. The van der Waals surface area contributed by atoms with Crippen LogP contribution in [-0.4, -0.2) is 56.6 Å². The van der Waals surface area contributed by atoms with Gasteiger partial charge >= 0.3 is 19.7 Å². The quantitative estimate of drug-likeness (QED) is 0.267. The maximum Gasteiger partial charge on any atom is 0.351 e. The predicted molar refractivity (Wildman–Crippen MR) is 120 cm³/mol. The van der Waals surface area contributed by atoms with E-state index in [0.29, 0.717) is 16.6 Å². The molecule has 1 atom stereocenters. The molecule has 172 valence electrons. The zero-order valence-electron chi connectivity index (χ0n) is 17.8. The first kappa shape index (κ1) is 24.1. The average Bonchev–Trinajstić information content (AvgIpc) is 2.77. The van der Waals surface area contributed by atoms with E-state index in [1.807, 2.05) is 12.1 Å². The first-order valence-electron chi connectivity index (χ1n) is 10.4. The van der Waals surface area contributed by atoms with Crippen molar-refractivity contribution < 1.29 is 39.4 Å². The van der Waals surface area contributed by atoms with Gasteiger partial charge in [0.15, 0.2) is 17.2 Å². The molecule has 1 aliphatic rings. The van der Waals surface area contributed by atoms with Gasteiger partial charge in [0.1, 0.15) is 0 Å². The maximum absolute atomic E-state index is 12.7. The van der Waals surface area contributed by atoms with Gasteiger partial charge in [0.25, 0.3) is 0 Å². The SMILES string of the molecule is CCC(CCO)(CCO)C(C[P+]1(O)Oc2ccccc2-c2ccccc21)(C(=O)O)C(=O)O. The molecule has 0 spiro atoms. The number of hydrogen-bond donors (Lipinski definition) is 5. The van der Waals surface area contributed by atoms with Crippen molar-refractivity contribution in [2.45, 2.75) is 26.2 Å². The fourth-order valence-corrected chi connectivity index (χ4v) is 7.87. The van der Waals surface area contributed by atoms with E-state index in [0.717, 1.165) is 5.56 Å². The van der Waals surface area contributed by atoms with E-state index in [-0.39, 0.29) is 19.3 Å². The van der Waals surface area contributed by atoms with E-state index in [1.54, 1.807) is 43.3 Å². The molecule has 0 aromatic heterocycles. The fourth-order valence-electron chi connectivity index (χ4n) is 4.91. The van der Waals surface area contributed by atoms with Crippen molar-refractivity contribution in [1.29, 1.82) is 0 Å². The van der Waals surface area contributed by atoms with Crippen molar-refractivity contribution in [3.05, 3.63) is 48.5 Å². The third kappa shape index (κ3) is 3.67. The second kappa shape index (κ2) is 9.16. The molecule has 2 aromatic carbocycles. The molecular weight excluding hydrogens is 435 g/mol. The van der Waals surface area contributed by atoms with Gasteiger partial charge in [-0.05, 0) is 31.4 Å². The van der Waals surface area contributed by atoms with Crippen LogP contribution >= 0.6 is 7.72 Å². The number of carboxylic acid groups (broad SMARTS) is 2. The van der Waals surface area contributed by atoms with Crippen LogP contribution in [0.2, 0.25) is 0 Å². The van der Waals surface area contributed by atoms with Crippen LogP contribution < -0.4 is 9.83 Å². The van der Waals surface area contributed by atoms with Gasteiger partial charge < -0.3 is 24.9 Å². The molecule has 3 rings (SSSR count). The van der Waals surface area contributed by atoms with Crippen molar-refractivity contribution in [2.75, 3.05) is 19.4 Å². The summed E-state index contributed by atoms with van der Waals surface area (Å²) in [6.45, 7) is 0.694. The molecule has 32 heavy (non-hydrogen) atoms. The molecular formula is C23H28O8P+. The summed E-state index contributed by atoms with van der Waals surface area (Å²) in [6.07, 6.45) is -0.976. The number of aliphatic carboxylic acids is 2. The van der Waals surface area contributed by atoms with E-state index in [2.05, 4.69) is 0 Å². The first-order chi connectivity index (χ1) is 15.2. The Morgan fingerprint density at radius 2 is 1.44 bits per heavy atom. The minimum absolute atomic E-state index is 0.0605. The van der Waals surface area contributed by atoms with Crippen molar-refractivity contribution in [2.24, 2.45) is 10.8 Å². The number of carbonyl (C=O) groups is 2. The van der Waals surface area contributed by atoms with Gasteiger partial charge in [-0.2, -0.15) is 0 Å². The van der Waals surface area contributed by atoms with Gasteiger partial charge in [-0.15, -0.1) is 0 Å². The van der Waals surface area contributed by atoms with E-state index >= 15 is 0 Å². The molecule has 1 aliphatic heterocycles. The molecule has 0 aliphatic carbocycles. The number of benzene rings is 2. The summed E-state index contributed by atoms with van der Waals surface area (Å²) in [6, 6.07) is 13.8. The second-order valence-corrected chi connectivity index (χ2v) is 10.4. The maximum atomic E-state index is 12.7. The number of aliphatic hydroxyl groups is 2. The molecule has 8 nitrogen and oxygen atoms in total. The van der Waals surface area contributed by atoms with Crippen LogP contribution in [0.3, 0.4) is 0 Å². The third-order valence-corrected chi connectivity index (χ3v) is 9.20. The zero-order valence-corrected chi connectivity index (χ0v) is 18.7. The Morgan fingerprint density at radius 1 is 0.906 bits per heavy atom. The Hall–Kier alpha value is -2.51. The normalized spacial score (nSPS) is 17.8. The Labute approximate surface area is 186 Å². The lowest BCUT2D eigenvalue weighted by Gasteiger charge is -2.45. The monoisotopic (exact) mass is 463 g/mol.